The molecule has 0 saturated heterocycles. The molecular weight excluding hydrogens is 456 g/mol. The van der Waals surface area contributed by atoms with E-state index in [-0.39, 0.29) is 28.5 Å². The standard InChI is InChI=1S/C28H40N4O4/c1-18(33)31-22(12-19-7-10-32(5)25(35)13-19)24(34)17-29-23-15-28(8-6-9-28)36-26-21(23)11-20(16-30-26)14-27(2,3)4/h7,10-11,13,16,22-24,29,34H,6,8-9,12,14-15,17H2,1-5H3,(H,31,33)/t22-,23-,24-/m0/s1. The smallest absolute Gasteiger partial charge is 0.250 e. The van der Waals surface area contributed by atoms with Gasteiger partial charge in [0, 0.05) is 57.0 Å². The Morgan fingerprint density at radius 3 is 2.67 bits per heavy atom. The molecule has 3 atom stereocenters. The Hall–Kier alpha value is -2.71. The molecule has 1 spiro atoms. The summed E-state index contributed by atoms with van der Waals surface area (Å²) in [6, 6.07) is 5.05. The van der Waals surface area contributed by atoms with Gasteiger partial charge in [-0.05, 0) is 60.8 Å². The summed E-state index contributed by atoms with van der Waals surface area (Å²) in [7, 11) is 1.69. The highest BCUT2D eigenvalue weighted by atomic mass is 16.5. The maximum absolute atomic E-state index is 12.1. The number of carbonyl (C=O) groups excluding carboxylic acids is 1. The summed E-state index contributed by atoms with van der Waals surface area (Å²) in [4.78, 5) is 28.6. The minimum Gasteiger partial charge on any atom is -0.471 e. The van der Waals surface area contributed by atoms with Crippen LogP contribution in [0.1, 0.15) is 76.1 Å². The van der Waals surface area contributed by atoms with Gasteiger partial charge in [0.2, 0.25) is 11.8 Å². The van der Waals surface area contributed by atoms with Gasteiger partial charge in [-0.2, -0.15) is 0 Å². The van der Waals surface area contributed by atoms with Crippen LogP contribution in [0.3, 0.4) is 0 Å². The highest BCUT2D eigenvalue weighted by molar-refractivity contribution is 5.73. The first-order chi connectivity index (χ1) is 16.9. The minimum absolute atomic E-state index is 0.00174. The van der Waals surface area contributed by atoms with Gasteiger partial charge in [0.1, 0.15) is 5.60 Å². The Labute approximate surface area is 213 Å². The van der Waals surface area contributed by atoms with Gasteiger partial charge in [-0.3, -0.25) is 9.59 Å². The van der Waals surface area contributed by atoms with Crippen LogP contribution in [0.5, 0.6) is 5.88 Å². The van der Waals surface area contributed by atoms with Gasteiger partial charge in [-0.15, -0.1) is 0 Å². The molecule has 196 valence electrons. The number of ether oxygens (including phenoxy) is 1. The number of aromatic nitrogens is 2. The lowest BCUT2D eigenvalue weighted by Gasteiger charge is -2.47. The van der Waals surface area contributed by atoms with Crippen molar-refractivity contribution in [2.24, 2.45) is 12.5 Å². The highest BCUT2D eigenvalue weighted by Gasteiger charge is 2.46. The number of aliphatic hydroxyl groups excluding tert-OH is 1. The summed E-state index contributed by atoms with van der Waals surface area (Å²) in [5.74, 6) is 0.466. The Bertz CT molecular complexity index is 1150. The second kappa shape index (κ2) is 10.3. The number of carbonyl (C=O) groups is 1. The fourth-order valence-electron chi connectivity index (χ4n) is 5.27. The summed E-state index contributed by atoms with van der Waals surface area (Å²) in [6.45, 7) is 8.36. The largest absolute Gasteiger partial charge is 0.471 e. The highest BCUT2D eigenvalue weighted by Crippen LogP contribution is 2.48. The maximum Gasteiger partial charge on any atom is 0.250 e. The number of nitrogens with one attached hydrogen (secondary N) is 2. The molecule has 36 heavy (non-hydrogen) atoms. The molecule has 0 aromatic carbocycles. The first-order valence-corrected chi connectivity index (χ1v) is 12.9. The molecule has 0 bridgehead atoms. The van der Waals surface area contributed by atoms with Crippen molar-refractivity contribution < 1.29 is 14.6 Å². The average Bonchev–Trinajstić information content (AvgIpc) is 2.76. The van der Waals surface area contributed by atoms with E-state index in [0.29, 0.717) is 18.8 Å². The summed E-state index contributed by atoms with van der Waals surface area (Å²) in [5.41, 5.74) is 2.81. The summed E-state index contributed by atoms with van der Waals surface area (Å²) >= 11 is 0. The van der Waals surface area contributed by atoms with Crippen LogP contribution in [-0.4, -0.2) is 44.9 Å². The van der Waals surface area contributed by atoms with Gasteiger partial charge in [-0.1, -0.05) is 20.8 Å². The molecule has 1 amide bonds. The number of pyridine rings is 2. The van der Waals surface area contributed by atoms with Crippen molar-refractivity contribution in [3.63, 3.8) is 0 Å². The Kier molecular flexibility index (Phi) is 7.57. The van der Waals surface area contributed by atoms with Gasteiger partial charge in [0.25, 0.3) is 5.56 Å². The molecule has 8 nitrogen and oxygen atoms in total. The molecule has 1 aliphatic carbocycles. The number of aliphatic hydroxyl groups is 1. The molecule has 2 aromatic rings. The van der Waals surface area contributed by atoms with Crippen LogP contribution in [0.2, 0.25) is 0 Å². The fourth-order valence-corrected chi connectivity index (χ4v) is 5.27. The predicted molar refractivity (Wildman–Crippen MR) is 139 cm³/mol. The van der Waals surface area contributed by atoms with Crippen molar-refractivity contribution in [2.45, 2.75) is 90.0 Å². The van der Waals surface area contributed by atoms with Crippen LogP contribution in [0.25, 0.3) is 0 Å². The number of fused-ring (bicyclic) bond motifs is 1. The second-order valence-corrected chi connectivity index (χ2v) is 11.8. The van der Waals surface area contributed by atoms with Crippen LogP contribution in [0.4, 0.5) is 0 Å². The number of rotatable bonds is 8. The van der Waals surface area contributed by atoms with Gasteiger partial charge >= 0.3 is 0 Å². The van der Waals surface area contributed by atoms with E-state index in [1.54, 1.807) is 19.3 Å². The molecule has 3 heterocycles. The number of aryl methyl sites for hydroxylation is 1. The first-order valence-electron chi connectivity index (χ1n) is 12.9. The van der Waals surface area contributed by atoms with E-state index >= 15 is 0 Å². The van der Waals surface area contributed by atoms with Crippen LogP contribution in [0, 0.1) is 5.41 Å². The average molecular weight is 497 g/mol. The van der Waals surface area contributed by atoms with Crippen molar-refractivity contribution in [2.75, 3.05) is 6.54 Å². The molecule has 3 N–H and O–H groups in total. The third kappa shape index (κ3) is 6.34. The molecule has 1 saturated carbocycles. The number of hydrogen-bond acceptors (Lipinski definition) is 6. The molecule has 1 aliphatic heterocycles. The zero-order valence-electron chi connectivity index (χ0n) is 22.1. The van der Waals surface area contributed by atoms with E-state index < -0.39 is 12.1 Å². The summed E-state index contributed by atoms with van der Waals surface area (Å²) < 4.78 is 7.87. The summed E-state index contributed by atoms with van der Waals surface area (Å²) in [6.07, 6.45) is 8.05. The van der Waals surface area contributed by atoms with E-state index in [1.807, 2.05) is 12.3 Å². The van der Waals surface area contributed by atoms with Gasteiger partial charge < -0.3 is 25.0 Å². The van der Waals surface area contributed by atoms with Crippen LogP contribution >= 0.6 is 0 Å². The molecule has 2 aromatic heterocycles. The lowest BCUT2D eigenvalue weighted by molar-refractivity contribution is -0.120. The van der Waals surface area contributed by atoms with Crippen molar-refractivity contribution in [1.29, 1.82) is 0 Å². The van der Waals surface area contributed by atoms with Crippen molar-refractivity contribution >= 4 is 5.91 Å². The van der Waals surface area contributed by atoms with Gasteiger partial charge in [-0.25, -0.2) is 4.98 Å². The summed E-state index contributed by atoms with van der Waals surface area (Å²) in [5, 5.41) is 17.6. The number of hydrogen-bond donors (Lipinski definition) is 3. The number of nitrogens with zero attached hydrogens (tertiary/aromatic N) is 2. The molecule has 0 radical (unpaired) electrons. The van der Waals surface area contributed by atoms with E-state index in [9.17, 15) is 14.7 Å². The van der Waals surface area contributed by atoms with Gasteiger partial charge in [0.05, 0.1) is 12.1 Å². The molecule has 8 heteroatoms. The van der Waals surface area contributed by atoms with Crippen molar-refractivity contribution in [3.8, 4) is 5.88 Å². The van der Waals surface area contributed by atoms with E-state index in [0.717, 1.165) is 43.2 Å². The van der Waals surface area contributed by atoms with Gasteiger partial charge in [0.15, 0.2) is 0 Å². The molecular formula is C28H40N4O4. The Balaban J connectivity index is 1.51. The Morgan fingerprint density at radius 1 is 1.31 bits per heavy atom. The lowest BCUT2D eigenvalue weighted by atomic mass is 9.73. The van der Waals surface area contributed by atoms with Crippen molar-refractivity contribution in [1.82, 2.24) is 20.2 Å². The lowest BCUT2D eigenvalue weighted by Crippen LogP contribution is -2.52. The van der Waals surface area contributed by atoms with Crippen LogP contribution in [-0.2, 0) is 24.7 Å². The molecule has 0 unspecified atom stereocenters. The third-order valence-corrected chi connectivity index (χ3v) is 7.25. The monoisotopic (exact) mass is 496 g/mol. The van der Waals surface area contributed by atoms with E-state index in [2.05, 4.69) is 37.5 Å². The topological polar surface area (TPSA) is 105 Å². The van der Waals surface area contributed by atoms with Crippen LogP contribution < -0.4 is 20.9 Å². The number of amides is 1. The fraction of sp³-hybridized carbons (Fsp3) is 0.607. The first kappa shape index (κ1) is 26.4. The zero-order valence-corrected chi connectivity index (χ0v) is 22.1. The van der Waals surface area contributed by atoms with Crippen LogP contribution in [0.15, 0.2) is 35.4 Å². The minimum atomic E-state index is -0.840. The van der Waals surface area contributed by atoms with E-state index in [1.165, 1.54) is 17.1 Å². The normalized spacial score (nSPS) is 20.1. The predicted octanol–water partition coefficient (Wildman–Crippen LogP) is 2.81. The quantitative estimate of drug-likeness (QED) is 0.519. The molecule has 4 rings (SSSR count). The zero-order chi connectivity index (χ0) is 26.1. The Morgan fingerprint density at radius 2 is 2.06 bits per heavy atom. The SMILES string of the molecule is CC(=O)N[C@@H](Cc1ccn(C)c(=O)c1)[C@@H](O)CN[C@H]1CC2(CCC2)Oc2ncc(CC(C)(C)C)cc21. The second-order valence-electron chi connectivity index (χ2n) is 11.8. The van der Waals surface area contributed by atoms with E-state index in [4.69, 9.17) is 9.72 Å². The third-order valence-electron chi connectivity index (χ3n) is 7.25. The van der Waals surface area contributed by atoms with Crippen molar-refractivity contribution in [3.05, 3.63) is 57.6 Å². The molecule has 1 fully saturated rings. The molecule has 2 aliphatic rings. The maximum atomic E-state index is 12.1.